The van der Waals surface area contributed by atoms with Crippen molar-refractivity contribution in [3.63, 3.8) is 0 Å². The van der Waals surface area contributed by atoms with Crippen LogP contribution in [0.1, 0.15) is 17.1 Å². The van der Waals surface area contributed by atoms with E-state index < -0.39 is 23.1 Å². The van der Waals surface area contributed by atoms with Crippen LogP contribution in [-0.2, 0) is 6.18 Å². The highest BCUT2D eigenvalue weighted by molar-refractivity contribution is 7.21. The van der Waals surface area contributed by atoms with Gasteiger partial charge in [-0.3, -0.25) is 9.78 Å². The number of rotatable bonds is 2. The first-order valence-electron chi connectivity index (χ1n) is 9.61. The molecule has 0 aliphatic heterocycles. The Morgan fingerprint density at radius 2 is 1.79 bits per heavy atom. The Balaban J connectivity index is 1.82. The summed E-state index contributed by atoms with van der Waals surface area (Å²) in [6.07, 6.45) is -3.62. The highest BCUT2D eigenvalue weighted by Gasteiger charge is 2.33. The van der Waals surface area contributed by atoms with Crippen molar-refractivity contribution in [3.8, 4) is 16.4 Å². The van der Waals surface area contributed by atoms with E-state index in [0.29, 0.717) is 16.1 Å². The Hall–Kier alpha value is -3.51. The largest absolute Gasteiger partial charge is 0.433 e. The van der Waals surface area contributed by atoms with Gasteiger partial charge in [0.05, 0.1) is 21.6 Å². The number of benzene rings is 1. The van der Waals surface area contributed by atoms with Crippen molar-refractivity contribution in [2.45, 2.75) is 20.0 Å². The van der Waals surface area contributed by atoms with E-state index >= 15 is 0 Å². The summed E-state index contributed by atoms with van der Waals surface area (Å²) in [4.78, 5) is 29.6. The van der Waals surface area contributed by atoms with Gasteiger partial charge < -0.3 is 0 Å². The molecule has 0 saturated carbocycles. The molecule has 5 rings (SSSR count). The lowest BCUT2D eigenvalue weighted by molar-refractivity contribution is -0.141. The van der Waals surface area contributed by atoms with Crippen molar-refractivity contribution in [1.82, 2.24) is 29.7 Å². The van der Waals surface area contributed by atoms with E-state index in [1.807, 2.05) is 0 Å². The van der Waals surface area contributed by atoms with Crippen LogP contribution < -0.4 is 5.43 Å². The van der Waals surface area contributed by atoms with Gasteiger partial charge >= 0.3 is 6.18 Å². The van der Waals surface area contributed by atoms with E-state index in [1.54, 1.807) is 13.8 Å². The third-order valence-electron chi connectivity index (χ3n) is 5.03. The van der Waals surface area contributed by atoms with Gasteiger partial charge in [0, 0.05) is 11.2 Å². The van der Waals surface area contributed by atoms with Crippen LogP contribution in [0.15, 0.2) is 35.3 Å². The van der Waals surface area contributed by atoms with Crippen LogP contribution in [0.25, 0.3) is 37.8 Å². The molecule has 0 spiro atoms. The molecular formula is C21H11ClF4N6OS. The average molecular weight is 507 g/mol. The summed E-state index contributed by atoms with van der Waals surface area (Å²) in [6, 6.07) is 4.69. The van der Waals surface area contributed by atoms with Crippen molar-refractivity contribution in [3.05, 3.63) is 68.6 Å². The number of hydrogen-bond acceptors (Lipinski definition) is 7. The highest BCUT2D eigenvalue weighted by atomic mass is 35.5. The van der Waals surface area contributed by atoms with Crippen molar-refractivity contribution in [2.24, 2.45) is 0 Å². The zero-order valence-electron chi connectivity index (χ0n) is 17.3. The molecule has 0 radical (unpaired) electrons. The van der Waals surface area contributed by atoms with Gasteiger partial charge in [-0.1, -0.05) is 11.6 Å². The van der Waals surface area contributed by atoms with Gasteiger partial charge in [-0.05, 0) is 38.1 Å². The average Bonchev–Trinajstić information content (AvgIpc) is 3.18. The molecule has 0 aliphatic carbocycles. The van der Waals surface area contributed by atoms with E-state index in [0.717, 1.165) is 34.3 Å². The van der Waals surface area contributed by atoms with Crippen LogP contribution in [0, 0.1) is 19.7 Å². The molecule has 0 amide bonds. The predicted octanol–water partition coefficient (Wildman–Crippen LogP) is 5.28. The van der Waals surface area contributed by atoms with Crippen molar-refractivity contribution < 1.29 is 17.6 Å². The molecule has 0 fully saturated rings. The van der Waals surface area contributed by atoms with Crippen LogP contribution in [0.3, 0.4) is 0 Å². The van der Waals surface area contributed by atoms with Crippen molar-refractivity contribution in [2.75, 3.05) is 0 Å². The number of fused-ring (bicyclic) bond motifs is 2. The van der Waals surface area contributed by atoms with Crippen molar-refractivity contribution in [1.29, 1.82) is 0 Å². The summed E-state index contributed by atoms with van der Waals surface area (Å²) in [5, 5.41) is 4.48. The summed E-state index contributed by atoms with van der Waals surface area (Å²) in [6.45, 7) is 3.35. The van der Waals surface area contributed by atoms with Crippen LogP contribution >= 0.6 is 22.9 Å². The van der Waals surface area contributed by atoms with E-state index in [-0.39, 0.29) is 38.1 Å². The number of aryl methyl sites for hydroxylation is 2. The summed E-state index contributed by atoms with van der Waals surface area (Å²) in [7, 11) is 0. The minimum absolute atomic E-state index is 0.000911. The molecule has 5 aromatic rings. The number of thiazole rings is 1. The molecule has 1 aromatic carbocycles. The monoisotopic (exact) mass is 506 g/mol. The van der Waals surface area contributed by atoms with Crippen LogP contribution in [0.2, 0.25) is 5.02 Å². The topological polar surface area (TPSA) is 86.5 Å². The second kappa shape index (κ2) is 7.77. The van der Waals surface area contributed by atoms with E-state index in [2.05, 4.69) is 25.0 Å². The lowest BCUT2D eigenvalue weighted by Crippen LogP contribution is -2.19. The predicted molar refractivity (Wildman–Crippen MR) is 119 cm³/mol. The molecule has 0 N–H and O–H groups in total. The Kier molecular flexibility index (Phi) is 5.10. The summed E-state index contributed by atoms with van der Waals surface area (Å²) < 4.78 is 55.4. The Morgan fingerprint density at radius 3 is 2.50 bits per heavy atom. The minimum atomic E-state index is -4.65. The first kappa shape index (κ1) is 22.3. The van der Waals surface area contributed by atoms with Crippen LogP contribution in [0.5, 0.6) is 0 Å². The number of nitrogens with zero attached hydrogens (tertiary/aromatic N) is 6. The molecule has 0 atom stereocenters. The van der Waals surface area contributed by atoms with Gasteiger partial charge in [0.1, 0.15) is 22.2 Å². The molecule has 0 saturated heterocycles. The number of hydrogen-bond donors (Lipinski definition) is 0. The SMILES string of the molecule is Cc1nc2c(=O)c(-c3nc4cc(C(F)(F)F)ncc4s3)nn(-c3ccc(Cl)cc3F)c2nc1C. The quantitative estimate of drug-likeness (QED) is 0.303. The molecule has 172 valence electrons. The highest BCUT2D eigenvalue weighted by Crippen LogP contribution is 2.33. The second-order valence-corrected chi connectivity index (χ2v) is 8.77. The Labute approximate surface area is 196 Å². The zero-order valence-corrected chi connectivity index (χ0v) is 18.8. The molecule has 0 aliphatic rings. The maximum Gasteiger partial charge on any atom is 0.433 e. The first-order valence-corrected chi connectivity index (χ1v) is 10.8. The van der Waals surface area contributed by atoms with Crippen LogP contribution in [-0.4, -0.2) is 29.7 Å². The fourth-order valence-corrected chi connectivity index (χ4v) is 4.30. The Morgan fingerprint density at radius 1 is 1.06 bits per heavy atom. The van der Waals surface area contributed by atoms with Gasteiger partial charge in [-0.2, -0.15) is 18.3 Å². The van der Waals surface area contributed by atoms with Crippen molar-refractivity contribution >= 4 is 44.3 Å². The molecule has 0 bridgehead atoms. The second-order valence-electron chi connectivity index (χ2n) is 7.31. The number of aromatic nitrogens is 6. The number of pyridine rings is 1. The maximum absolute atomic E-state index is 14.8. The summed E-state index contributed by atoms with van der Waals surface area (Å²) in [5.41, 5.74) is -1.09. The van der Waals surface area contributed by atoms with Crippen LogP contribution in [0.4, 0.5) is 17.6 Å². The van der Waals surface area contributed by atoms with E-state index in [9.17, 15) is 22.4 Å². The van der Waals surface area contributed by atoms with Gasteiger partial charge in [-0.15, -0.1) is 11.3 Å². The lowest BCUT2D eigenvalue weighted by Gasteiger charge is -2.12. The first-order chi connectivity index (χ1) is 16.0. The van der Waals surface area contributed by atoms with Gasteiger partial charge in [0.25, 0.3) is 0 Å². The zero-order chi connectivity index (χ0) is 24.4. The normalized spacial score (nSPS) is 12.1. The number of alkyl halides is 3. The third kappa shape index (κ3) is 3.68. The molecule has 0 unspecified atom stereocenters. The molecular weight excluding hydrogens is 496 g/mol. The van der Waals surface area contributed by atoms with Gasteiger partial charge in [-0.25, -0.2) is 24.0 Å². The van der Waals surface area contributed by atoms with Gasteiger partial charge in [0.15, 0.2) is 16.9 Å². The minimum Gasteiger partial charge on any atom is -0.285 e. The molecule has 4 heterocycles. The number of halogens is 5. The molecule has 34 heavy (non-hydrogen) atoms. The fourth-order valence-electron chi connectivity index (χ4n) is 3.25. The smallest absolute Gasteiger partial charge is 0.285 e. The molecule has 4 aromatic heterocycles. The molecule has 7 nitrogen and oxygen atoms in total. The fraction of sp³-hybridized carbons (Fsp3) is 0.143. The Bertz CT molecular complexity index is 1680. The lowest BCUT2D eigenvalue weighted by atomic mass is 10.2. The summed E-state index contributed by atoms with van der Waals surface area (Å²) >= 11 is 6.80. The third-order valence-corrected chi connectivity index (χ3v) is 6.27. The van der Waals surface area contributed by atoms with E-state index in [1.165, 1.54) is 12.1 Å². The van der Waals surface area contributed by atoms with E-state index in [4.69, 9.17) is 11.6 Å². The maximum atomic E-state index is 14.8. The molecule has 13 heteroatoms. The summed E-state index contributed by atoms with van der Waals surface area (Å²) in [5.74, 6) is -0.723. The standard InChI is InChI=1S/C21H11ClF4N6OS/c1-8-9(2)29-19-16(28-8)18(33)17(31-32(19)13-4-3-10(22)5-11(13)23)20-30-12-6-15(21(24,25)26)27-7-14(12)34-20/h3-7H,1-2H3. The van der Waals surface area contributed by atoms with Gasteiger partial charge in [0.2, 0.25) is 5.43 Å².